The number of sulfonamides is 1. The first-order valence-corrected chi connectivity index (χ1v) is 9.97. The van der Waals surface area contributed by atoms with Gasteiger partial charge in [-0.1, -0.05) is 38.2 Å². The van der Waals surface area contributed by atoms with Gasteiger partial charge in [-0.3, -0.25) is 0 Å². The van der Waals surface area contributed by atoms with Crippen LogP contribution in [0.4, 0.5) is 5.69 Å². The molecular formula is C17H26N2O3S. The second-order valence-corrected chi connectivity index (χ2v) is 8.52. The Labute approximate surface area is 138 Å². The molecular weight excluding hydrogens is 312 g/mol. The van der Waals surface area contributed by atoms with Crippen LogP contribution in [0.2, 0.25) is 0 Å². The molecule has 0 aromatic heterocycles. The number of anilines is 1. The maximum Gasteiger partial charge on any atom is 0.243 e. The highest BCUT2D eigenvalue weighted by molar-refractivity contribution is 7.89. The summed E-state index contributed by atoms with van der Waals surface area (Å²) in [5, 5.41) is 0. The van der Waals surface area contributed by atoms with E-state index in [-0.39, 0.29) is 0 Å². The number of ether oxygens (including phenoxy) is 1. The number of hydrogen-bond donors (Lipinski definition) is 1. The third-order valence-corrected chi connectivity index (χ3v) is 6.85. The summed E-state index contributed by atoms with van der Waals surface area (Å²) in [4.78, 5) is 0.296. The number of benzene rings is 1. The van der Waals surface area contributed by atoms with E-state index in [1.54, 1.807) is 12.1 Å². The number of hydrogen-bond acceptors (Lipinski definition) is 4. The second kappa shape index (κ2) is 7.20. The highest BCUT2D eigenvalue weighted by atomic mass is 32.2. The predicted molar refractivity (Wildman–Crippen MR) is 90.7 cm³/mol. The average molecular weight is 338 g/mol. The van der Waals surface area contributed by atoms with Gasteiger partial charge in [-0.25, -0.2) is 8.42 Å². The van der Waals surface area contributed by atoms with Gasteiger partial charge in [0.2, 0.25) is 10.0 Å². The van der Waals surface area contributed by atoms with Gasteiger partial charge in [0.1, 0.15) is 0 Å². The van der Waals surface area contributed by atoms with Crippen molar-refractivity contribution in [3.63, 3.8) is 0 Å². The molecule has 2 aliphatic rings. The molecule has 0 amide bonds. The van der Waals surface area contributed by atoms with E-state index < -0.39 is 10.0 Å². The molecule has 2 fully saturated rings. The normalized spacial score (nSPS) is 21.4. The minimum atomic E-state index is -3.46. The van der Waals surface area contributed by atoms with E-state index in [9.17, 15) is 8.42 Å². The number of morpholine rings is 1. The first-order valence-electron chi connectivity index (χ1n) is 8.53. The van der Waals surface area contributed by atoms with E-state index in [1.807, 2.05) is 6.07 Å². The van der Waals surface area contributed by atoms with Gasteiger partial charge >= 0.3 is 0 Å². The van der Waals surface area contributed by atoms with Crippen molar-refractivity contribution in [3.8, 4) is 0 Å². The Balaban J connectivity index is 1.75. The Morgan fingerprint density at radius 1 is 1.13 bits per heavy atom. The van der Waals surface area contributed by atoms with E-state index in [0.29, 0.717) is 42.8 Å². The standard InChI is InChI=1S/C17H26N2O3S/c18-17-13-16(23(20,21)19-8-10-22-11-9-19)7-6-15(17)12-14-4-2-1-3-5-14/h6-7,13-14H,1-5,8-12,18H2. The zero-order valence-corrected chi connectivity index (χ0v) is 14.4. The molecule has 0 bridgehead atoms. The molecule has 0 radical (unpaired) electrons. The van der Waals surface area contributed by atoms with Crippen molar-refractivity contribution in [2.75, 3.05) is 32.0 Å². The summed E-state index contributed by atoms with van der Waals surface area (Å²) >= 11 is 0. The van der Waals surface area contributed by atoms with Crippen LogP contribution in [0.25, 0.3) is 0 Å². The van der Waals surface area contributed by atoms with Crippen molar-refractivity contribution in [1.29, 1.82) is 0 Å². The summed E-state index contributed by atoms with van der Waals surface area (Å²) < 4.78 is 32.0. The van der Waals surface area contributed by atoms with E-state index >= 15 is 0 Å². The fourth-order valence-corrected chi connectivity index (χ4v) is 5.00. The molecule has 1 saturated carbocycles. The second-order valence-electron chi connectivity index (χ2n) is 6.59. The van der Waals surface area contributed by atoms with Crippen LogP contribution in [-0.4, -0.2) is 39.0 Å². The maximum atomic E-state index is 12.7. The molecule has 1 heterocycles. The highest BCUT2D eigenvalue weighted by Crippen LogP contribution is 2.30. The Hall–Kier alpha value is -1.11. The van der Waals surface area contributed by atoms with Gasteiger partial charge in [-0.05, 0) is 30.0 Å². The number of rotatable bonds is 4. The smallest absolute Gasteiger partial charge is 0.243 e. The van der Waals surface area contributed by atoms with Crippen molar-refractivity contribution < 1.29 is 13.2 Å². The average Bonchev–Trinajstić information content (AvgIpc) is 2.58. The lowest BCUT2D eigenvalue weighted by atomic mass is 9.84. The van der Waals surface area contributed by atoms with Crippen LogP contribution in [0.3, 0.4) is 0 Å². The van der Waals surface area contributed by atoms with E-state index in [0.717, 1.165) is 12.0 Å². The summed E-state index contributed by atoms with van der Waals surface area (Å²) in [5.41, 5.74) is 7.84. The molecule has 0 unspecified atom stereocenters. The summed E-state index contributed by atoms with van der Waals surface area (Å²) in [6.45, 7) is 1.72. The Morgan fingerprint density at radius 2 is 1.83 bits per heavy atom. The van der Waals surface area contributed by atoms with Crippen LogP contribution < -0.4 is 5.73 Å². The molecule has 2 N–H and O–H groups in total. The Kier molecular flexibility index (Phi) is 5.24. The third-order valence-electron chi connectivity index (χ3n) is 4.96. The predicted octanol–water partition coefficient (Wildman–Crippen LogP) is 2.41. The largest absolute Gasteiger partial charge is 0.398 e. The molecule has 128 valence electrons. The van der Waals surface area contributed by atoms with Gasteiger partial charge in [0, 0.05) is 18.8 Å². The Bertz CT molecular complexity index is 633. The van der Waals surface area contributed by atoms with Gasteiger partial charge in [-0.2, -0.15) is 4.31 Å². The molecule has 1 saturated heterocycles. The van der Waals surface area contributed by atoms with Gasteiger partial charge < -0.3 is 10.5 Å². The van der Waals surface area contributed by atoms with Crippen molar-refractivity contribution in [2.45, 2.75) is 43.4 Å². The van der Waals surface area contributed by atoms with Gasteiger partial charge in [-0.15, -0.1) is 0 Å². The van der Waals surface area contributed by atoms with Crippen LogP contribution in [0.1, 0.15) is 37.7 Å². The highest BCUT2D eigenvalue weighted by Gasteiger charge is 2.27. The van der Waals surface area contributed by atoms with Crippen LogP contribution in [-0.2, 0) is 21.2 Å². The molecule has 6 heteroatoms. The van der Waals surface area contributed by atoms with Gasteiger partial charge in [0.15, 0.2) is 0 Å². The Morgan fingerprint density at radius 3 is 2.48 bits per heavy atom. The number of nitrogen functional groups attached to an aromatic ring is 1. The maximum absolute atomic E-state index is 12.7. The first kappa shape index (κ1) is 16.7. The number of nitrogens with zero attached hydrogens (tertiary/aromatic N) is 1. The third kappa shape index (κ3) is 3.87. The lowest BCUT2D eigenvalue weighted by Crippen LogP contribution is -2.40. The van der Waals surface area contributed by atoms with E-state index in [4.69, 9.17) is 10.5 Å². The summed E-state index contributed by atoms with van der Waals surface area (Å²) in [6.07, 6.45) is 7.41. The molecule has 1 aliphatic carbocycles. The van der Waals surface area contributed by atoms with Gasteiger partial charge in [0.05, 0.1) is 18.1 Å². The van der Waals surface area contributed by atoms with Crippen LogP contribution in [0, 0.1) is 5.92 Å². The van der Waals surface area contributed by atoms with Crippen molar-refractivity contribution in [3.05, 3.63) is 23.8 Å². The minimum absolute atomic E-state index is 0.296. The van der Waals surface area contributed by atoms with Crippen LogP contribution in [0.5, 0.6) is 0 Å². The lowest BCUT2D eigenvalue weighted by Gasteiger charge is -2.26. The summed E-state index contributed by atoms with van der Waals surface area (Å²) in [7, 11) is -3.46. The monoisotopic (exact) mass is 338 g/mol. The first-order chi connectivity index (χ1) is 11.1. The van der Waals surface area contributed by atoms with Crippen molar-refractivity contribution in [1.82, 2.24) is 4.31 Å². The molecule has 5 nitrogen and oxygen atoms in total. The molecule has 1 aromatic carbocycles. The van der Waals surface area contributed by atoms with Crippen LogP contribution in [0.15, 0.2) is 23.1 Å². The van der Waals surface area contributed by atoms with Crippen molar-refractivity contribution >= 4 is 15.7 Å². The SMILES string of the molecule is Nc1cc(S(=O)(=O)N2CCOCC2)ccc1CC1CCCCC1. The molecule has 0 spiro atoms. The topological polar surface area (TPSA) is 72.6 Å². The fraction of sp³-hybridized carbons (Fsp3) is 0.647. The van der Waals surface area contributed by atoms with E-state index in [1.165, 1.54) is 36.4 Å². The van der Waals surface area contributed by atoms with Gasteiger partial charge in [0.25, 0.3) is 0 Å². The fourth-order valence-electron chi connectivity index (χ4n) is 3.56. The molecule has 1 aliphatic heterocycles. The zero-order valence-electron chi connectivity index (χ0n) is 13.5. The summed E-state index contributed by atoms with van der Waals surface area (Å²) in [5.74, 6) is 0.688. The molecule has 1 aromatic rings. The molecule has 3 rings (SSSR count). The zero-order chi connectivity index (χ0) is 16.3. The van der Waals surface area contributed by atoms with Crippen molar-refractivity contribution in [2.24, 2.45) is 5.92 Å². The lowest BCUT2D eigenvalue weighted by molar-refractivity contribution is 0.0730. The quantitative estimate of drug-likeness (QED) is 0.856. The molecule has 0 atom stereocenters. The summed E-state index contributed by atoms with van der Waals surface area (Å²) in [6, 6.07) is 5.24. The molecule has 23 heavy (non-hydrogen) atoms. The number of nitrogens with two attached hydrogens (primary N) is 1. The van der Waals surface area contributed by atoms with Crippen LogP contribution >= 0.6 is 0 Å². The minimum Gasteiger partial charge on any atom is -0.398 e. The van der Waals surface area contributed by atoms with E-state index in [2.05, 4.69) is 0 Å².